The fraction of sp³-hybridized carbons (Fsp3) is 0.381. The van der Waals surface area contributed by atoms with Crippen molar-refractivity contribution in [3.63, 3.8) is 0 Å². The highest BCUT2D eigenvalue weighted by Gasteiger charge is 2.15. The van der Waals surface area contributed by atoms with Gasteiger partial charge in [-0.3, -0.25) is 4.79 Å². The number of rotatable bonds is 10. The number of ether oxygens (including phenoxy) is 4. The standard InChI is InChI=1S/C21H27NO5/c1-15(19-14-18(25-3)11-12-20(19)26-4)22-21(23)6-5-13-27-17-9-7-16(24-2)8-10-17/h7-12,14-15H,5-6,13H2,1-4H3,(H,22,23)/t15-/m1/s1. The van der Waals surface area contributed by atoms with Crippen molar-refractivity contribution in [3.05, 3.63) is 48.0 Å². The summed E-state index contributed by atoms with van der Waals surface area (Å²) in [5.41, 5.74) is 0.875. The Bertz CT molecular complexity index is 730. The van der Waals surface area contributed by atoms with Gasteiger partial charge in [0.25, 0.3) is 0 Å². The summed E-state index contributed by atoms with van der Waals surface area (Å²) in [6.45, 7) is 2.39. The molecule has 0 aromatic heterocycles. The highest BCUT2D eigenvalue weighted by Crippen LogP contribution is 2.29. The largest absolute Gasteiger partial charge is 0.497 e. The Balaban J connectivity index is 1.79. The molecular weight excluding hydrogens is 346 g/mol. The summed E-state index contributed by atoms with van der Waals surface area (Å²) in [7, 11) is 4.84. The van der Waals surface area contributed by atoms with Crippen LogP contribution in [0.25, 0.3) is 0 Å². The Morgan fingerprint density at radius 2 is 1.56 bits per heavy atom. The molecule has 0 spiro atoms. The first-order chi connectivity index (χ1) is 13.1. The topological polar surface area (TPSA) is 66.0 Å². The van der Waals surface area contributed by atoms with Gasteiger partial charge in [0.05, 0.1) is 34.0 Å². The molecule has 6 nitrogen and oxygen atoms in total. The third kappa shape index (κ3) is 6.09. The van der Waals surface area contributed by atoms with Crippen LogP contribution < -0.4 is 24.3 Å². The third-order valence-electron chi connectivity index (χ3n) is 4.16. The number of methoxy groups -OCH3 is 3. The molecule has 0 aliphatic heterocycles. The molecule has 0 unspecified atom stereocenters. The van der Waals surface area contributed by atoms with Crippen LogP contribution in [-0.2, 0) is 4.79 Å². The lowest BCUT2D eigenvalue weighted by molar-refractivity contribution is -0.121. The minimum absolute atomic E-state index is 0.0364. The Morgan fingerprint density at radius 3 is 2.19 bits per heavy atom. The highest BCUT2D eigenvalue weighted by molar-refractivity contribution is 5.76. The molecule has 0 bridgehead atoms. The number of hydrogen-bond acceptors (Lipinski definition) is 5. The predicted octanol–water partition coefficient (Wildman–Crippen LogP) is 3.75. The molecule has 0 aliphatic carbocycles. The van der Waals surface area contributed by atoms with Gasteiger partial charge in [0.1, 0.15) is 23.0 Å². The van der Waals surface area contributed by atoms with Crippen LogP contribution in [-0.4, -0.2) is 33.8 Å². The van der Waals surface area contributed by atoms with Crippen molar-refractivity contribution >= 4 is 5.91 Å². The van der Waals surface area contributed by atoms with Crippen LogP contribution in [0.4, 0.5) is 0 Å². The van der Waals surface area contributed by atoms with E-state index in [0.29, 0.717) is 25.2 Å². The van der Waals surface area contributed by atoms with Gasteiger partial charge >= 0.3 is 0 Å². The van der Waals surface area contributed by atoms with E-state index in [1.54, 1.807) is 21.3 Å². The van der Waals surface area contributed by atoms with Gasteiger partial charge < -0.3 is 24.3 Å². The summed E-state index contributed by atoms with van der Waals surface area (Å²) >= 11 is 0. The zero-order valence-electron chi connectivity index (χ0n) is 16.3. The molecular formula is C21H27NO5. The van der Waals surface area contributed by atoms with Gasteiger partial charge in [-0.05, 0) is 55.8 Å². The fourth-order valence-electron chi connectivity index (χ4n) is 2.66. The van der Waals surface area contributed by atoms with Crippen molar-refractivity contribution in [2.45, 2.75) is 25.8 Å². The SMILES string of the molecule is COc1ccc(OCCCC(=O)N[C@H](C)c2cc(OC)ccc2OC)cc1. The minimum atomic E-state index is -0.190. The Morgan fingerprint density at radius 1 is 0.926 bits per heavy atom. The van der Waals surface area contributed by atoms with Crippen LogP contribution in [0.5, 0.6) is 23.0 Å². The molecule has 2 aromatic carbocycles. The minimum Gasteiger partial charge on any atom is -0.497 e. The van der Waals surface area contributed by atoms with Crippen molar-refractivity contribution < 1.29 is 23.7 Å². The second kappa shape index (κ2) is 10.3. The summed E-state index contributed by atoms with van der Waals surface area (Å²) < 4.78 is 21.4. The molecule has 2 rings (SSSR count). The maximum atomic E-state index is 12.2. The normalized spacial score (nSPS) is 11.4. The summed E-state index contributed by atoms with van der Waals surface area (Å²) in [5, 5.41) is 2.99. The lowest BCUT2D eigenvalue weighted by Gasteiger charge is -2.18. The van der Waals surface area contributed by atoms with E-state index in [9.17, 15) is 4.79 Å². The molecule has 1 atom stereocenters. The summed E-state index contributed by atoms with van der Waals surface area (Å²) in [6, 6.07) is 12.7. The molecule has 146 valence electrons. The van der Waals surface area contributed by atoms with Crippen LogP contribution >= 0.6 is 0 Å². The molecule has 0 radical (unpaired) electrons. The Kier molecular flexibility index (Phi) is 7.79. The quantitative estimate of drug-likeness (QED) is 0.643. The van der Waals surface area contributed by atoms with Gasteiger partial charge in [0.15, 0.2) is 0 Å². The molecule has 1 N–H and O–H groups in total. The second-order valence-corrected chi connectivity index (χ2v) is 6.02. The van der Waals surface area contributed by atoms with Crippen LogP contribution in [0.15, 0.2) is 42.5 Å². The lowest BCUT2D eigenvalue weighted by atomic mass is 10.1. The average molecular weight is 373 g/mol. The molecule has 2 aromatic rings. The van der Waals surface area contributed by atoms with E-state index in [2.05, 4.69) is 5.32 Å². The van der Waals surface area contributed by atoms with Crippen molar-refractivity contribution in [2.75, 3.05) is 27.9 Å². The molecule has 6 heteroatoms. The number of benzene rings is 2. The van der Waals surface area contributed by atoms with Crippen molar-refractivity contribution in [1.29, 1.82) is 0 Å². The van der Waals surface area contributed by atoms with E-state index in [4.69, 9.17) is 18.9 Å². The van der Waals surface area contributed by atoms with E-state index in [1.165, 1.54) is 0 Å². The molecule has 0 saturated heterocycles. The first-order valence-corrected chi connectivity index (χ1v) is 8.85. The number of hydrogen-bond donors (Lipinski definition) is 1. The first-order valence-electron chi connectivity index (χ1n) is 8.85. The zero-order valence-corrected chi connectivity index (χ0v) is 16.3. The van der Waals surface area contributed by atoms with Gasteiger partial charge in [-0.25, -0.2) is 0 Å². The molecule has 1 amide bonds. The van der Waals surface area contributed by atoms with Crippen molar-refractivity contribution in [3.8, 4) is 23.0 Å². The van der Waals surface area contributed by atoms with Gasteiger partial charge in [-0.2, -0.15) is 0 Å². The Labute approximate surface area is 160 Å². The molecule has 0 saturated carbocycles. The maximum Gasteiger partial charge on any atom is 0.220 e. The summed E-state index contributed by atoms with van der Waals surface area (Å²) in [5.74, 6) is 2.94. The fourth-order valence-corrected chi connectivity index (χ4v) is 2.66. The van der Waals surface area contributed by atoms with E-state index >= 15 is 0 Å². The smallest absolute Gasteiger partial charge is 0.220 e. The third-order valence-corrected chi connectivity index (χ3v) is 4.16. The number of carbonyl (C=O) groups excluding carboxylic acids is 1. The van der Waals surface area contributed by atoms with E-state index < -0.39 is 0 Å². The highest BCUT2D eigenvalue weighted by atomic mass is 16.5. The average Bonchev–Trinajstić information content (AvgIpc) is 2.71. The number of nitrogens with one attached hydrogen (secondary N) is 1. The van der Waals surface area contributed by atoms with Crippen molar-refractivity contribution in [1.82, 2.24) is 5.32 Å². The molecule has 0 heterocycles. The molecule has 0 fully saturated rings. The lowest BCUT2D eigenvalue weighted by Crippen LogP contribution is -2.27. The van der Waals surface area contributed by atoms with E-state index in [-0.39, 0.29) is 11.9 Å². The first kappa shape index (κ1) is 20.4. The van der Waals surface area contributed by atoms with Crippen LogP contribution in [0.3, 0.4) is 0 Å². The Hall–Kier alpha value is -2.89. The van der Waals surface area contributed by atoms with Gasteiger partial charge in [0.2, 0.25) is 5.91 Å². The van der Waals surface area contributed by atoms with Gasteiger partial charge in [-0.15, -0.1) is 0 Å². The van der Waals surface area contributed by atoms with Gasteiger partial charge in [0, 0.05) is 12.0 Å². The van der Waals surface area contributed by atoms with E-state index in [1.807, 2.05) is 49.4 Å². The monoisotopic (exact) mass is 373 g/mol. The van der Waals surface area contributed by atoms with E-state index in [0.717, 1.165) is 22.8 Å². The van der Waals surface area contributed by atoms with Crippen LogP contribution in [0, 0.1) is 0 Å². The summed E-state index contributed by atoms with van der Waals surface area (Å²) in [6.07, 6.45) is 1.01. The number of amides is 1. The summed E-state index contributed by atoms with van der Waals surface area (Å²) in [4.78, 5) is 12.2. The van der Waals surface area contributed by atoms with Crippen LogP contribution in [0.1, 0.15) is 31.4 Å². The van der Waals surface area contributed by atoms with Gasteiger partial charge in [-0.1, -0.05) is 0 Å². The molecule has 0 aliphatic rings. The predicted molar refractivity (Wildman–Crippen MR) is 104 cm³/mol. The molecule has 27 heavy (non-hydrogen) atoms. The van der Waals surface area contributed by atoms with Crippen molar-refractivity contribution in [2.24, 2.45) is 0 Å². The second-order valence-electron chi connectivity index (χ2n) is 6.02. The van der Waals surface area contributed by atoms with Crippen LogP contribution in [0.2, 0.25) is 0 Å². The maximum absolute atomic E-state index is 12.2. The number of carbonyl (C=O) groups is 1. The zero-order chi connectivity index (χ0) is 19.6.